The van der Waals surface area contributed by atoms with Crippen molar-refractivity contribution in [1.29, 1.82) is 0 Å². The van der Waals surface area contributed by atoms with E-state index in [1.165, 1.54) is 6.07 Å². The zero-order valence-corrected chi connectivity index (χ0v) is 16.2. The van der Waals surface area contributed by atoms with Crippen LogP contribution in [-0.4, -0.2) is 25.4 Å². The Balaban J connectivity index is 2.58. The number of nitrogens with zero attached hydrogens (tertiary/aromatic N) is 1. The number of sulfonamides is 1. The van der Waals surface area contributed by atoms with Crippen LogP contribution in [0.15, 0.2) is 47.4 Å². The van der Waals surface area contributed by atoms with Crippen LogP contribution < -0.4 is 5.84 Å². The highest BCUT2D eigenvalue weighted by atomic mass is 32.2. The highest BCUT2D eigenvalue weighted by Gasteiger charge is 2.37. The first-order valence-electron chi connectivity index (χ1n) is 8.28. The van der Waals surface area contributed by atoms with Crippen molar-refractivity contribution >= 4 is 16.0 Å². The molecule has 26 heavy (non-hydrogen) atoms. The first-order chi connectivity index (χ1) is 12.2. The number of hydrazine groups is 1. The number of carbonyl (C=O) groups is 1. The van der Waals surface area contributed by atoms with Gasteiger partial charge in [-0.05, 0) is 44.9 Å². The van der Waals surface area contributed by atoms with Crippen LogP contribution in [0.3, 0.4) is 0 Å². The van der Waals surface area contributed by atoms with Gasteiger partial charge < -0.3 is 4.74 Å². The average Bonchev–Trinajstić information content (AvgIpc) is 2.54. The van der Waals surface area contributed by atoms with E-state index in [0.29, 0.717) is 15.5 Å². The van der Waals surface area contributed by atoms with Crippen molar-refractivity contribution in [3.63, 3.8) is 0 Å². The fourth-order valence-electron chi connectivity index (χ4n) is 2.87. The summed E-state index contributed by atoms with van der Waals surface area (Å²) in [7, 11) is -4.10. The van der Waals surface area contributed by atoms with Crippen LogP contribution >= 0.6 is 0 Å². The fourth-order valence-corrected chi connectivity index (χ4v) is 4.31. The molecule has 0 aromatic heterocycles. The Morgan fingerprint density at radius 2 is 1.69 bits per heavy atom. The second-order valence-corrected chi connectivity index (χ2v) is 7.99. The second-order valence-electron chi connectivity index (χ2n) is 6.18. The largest absolute Gasteiger partial charge is 0.464 e. The molecule has 2 aromatic rings. The summed E-state index contributed by atoms with van der Waals surface area (Å²) in [6.45, 7) is 7.20. The van der Waals surface area contributed by atoms with Gasteiger partial charge in [0.1, 0.15) is 0 Å². The lowest BCUT2D eigenvalue weighted by Crippen LogP contribution is -2.44. The number of benzene rings is 2. The Bertz CT molecular complexity index is 889. The number of rotatable bonds is 6. The van der Waals surface area contributed by atoms with E-state index >= 15 is 0 Å². The molecule has 0 saturated carbocycles. The van der Waals surface area contributed by atoms with E-state index in [0.717, 1.165) is 11.1 Å². The first kappa shape index (κ1) is 20.1. The van der Waals surface area contributed by atoms with Crippen LogP contribution in [0.25, 0.3) is 0 Å². The van der Waals surface area contributed by atoms with Gasteiger partial charge in [0.05, 0.1) is 11.5 Å². The molecular formula is C19H24N2O4S. The topological polar surface area (TPSA) is 89.7 Å². The van der Waals surface area contributed by atoms with Crippen molar-refractivity contribution in [3.05, 3.63) is 64.7 Å². The van der Waals surface area contributed by atoms with Crippen molar-refractivity contribution in [2.24, 2.45) is 5.84 Å². The predicted molar refractivity (Wildman–Crippen MR) is 99.7 cm³/mol. The van der Waals surface area contributed by atoms with E-state index in [1.807, 2.05) is 19.9 Å². The summed E-state index contributed by atoms with van der Waals surface area (Å²) >= 11 is 0. The molecule has 0 fully saturated rings. The van der Waals surface area contributed by atoms with Gasteiger partial charge in [0.15, 0.2) is 6.04 Å². The van der Waals surface area contributed by atoms with Crippen molar-refractivity contribution in [2.45, 2.75) is 38.6 Å². The van der Waals surface area contributed by atoms with Gasteiger partial charge in [-0.1, -0.05) is 47.5 Å². The molecule has 0 amide bonds. The minimum absolute atomic E-state index is 0.0566. The van der Waals surface area contributed by atoms with Gasteiger partial charge in [-0.25, -0.2) is 13.2 Å². The zero-order valence-electron chi connectivity index (χ0n) is 15.4. The third kappa shape index (κ3) is 4.12. The van der Waals surface area contributed by atoms with Gasteiger partial charge in [0.25, 0.3) is 10.0 Å². The standard InChI is InChI=1S/C19H24N2O4S/c1-5-25-19(22)18(16-11-13(2)10-14(3)12-16)21(20)26(23,24)17-9-7-6-8-15(17)4/h6-12,18H,5,20H2,1-4H3. The Labute approximate surface area is 154 Å². The van der Waals surface area contributed by atoms with Gasteiger partial charge in [0, 0.05) is 0 Å². The SMILES string of the molecule is CCOC(=O)C(c1cc(C)cc(C)c1)N(N)S(=O)(=O)c1ccccc1C. The van der Waals surface area contributed by atoms with Crippen LogP contribution in [-0.2, 0) is 19.6 Å². The number of nitrogens with two attached hydrogens (primary N) is 1. The van der Waals surface area contributed by atoms with Crippen LogP contribution in [0.2, 0.25) is 0 Å². The Hall–Kier alpha value is -2.22. The van der Waals surface area contributed by atoms with Gasteiger partial charge in [-0.3, -0.25) is 5.84 Å². The fraction of sp³-hybridized carbons (Fsp3) is 0.316. The maximum absolute atomic E-state index is 13.0. The second kappa shape index (κ2) is 7.99. The molecule has 2 rings (SSSR count). The normalized spacial score (nSPS) is 12.8. The number of carbonyl (C=O) groups excluding carboxylic acids is 1. The lowest BCUT2D eigenvalue weighted by atomic mass is 10.0. The monoisotopic (exact) mass is 376 g/mol. The van der Waals surface area contributed by atoms with Crippen LogP contribution in [0.1, 0.15) is 35.2 Å². The minimum atomic E-state index is -4.10. The summed E-state index contributed by atoms with van der Waals surface area (Å²) in [5.41, 5.74) is 2.82. The Morgan fingerprint density at radius 3 is 2.23 bits per heavy atom. The van der Waals surface area contributed by atoms with E-state index in [9.17, 15) is 13.2 Å². The predicted octanol–water partition coefficient (Wildman–Crippen LogP) is 2.78. The zero-order chi connectivity index (χ0) is 19.5. The molecular weight excluding hydrogens is 352 g/mol. The molecule has 7 heteroatoms. The molecule has 2 aromatic carbocycles. The van der Waals surface area contributed by atoms with Gasteiger partial charge in [-0.15, -0.1) is 4.41 Å². The highest BCUT2D eigenvalue weighted by molar-refractivity contribution is 7.89. The minimum Gasteiger partial charge on any atom is -0.464 e. The molecule has 0 spiro atoms. The molecule has 0 aliphatic carbocycles. The van der Waals surface area contributed by atoms with E-state index < -0.39 is 22.0 Å². The molecule has 1 unspecified atom stereocenters. The molecule has 0 heterocycles. The van der Waals surface area contributed by atoms with Crippen LogP contribution in [0.4, 0.5) is 0 Å². The smallest absolute Gasteiger partial charge is 0.330 e. The number of ether oxygens (including phenoxy) is 1. The van der Waals surface area contributed by atoms with Gasteiger partial charge >= 0.3 is 5.97 Å². The lowest BCUT2D eigenvalue weighted by Gasteiger charge is -2.26. The van der Waals surface area contributed by atoms with Crippen molar-refractivity contribution in [1.82, 2.24) is 4.41 Å². The maximum atomic E-state index is 13.0. The number of aryl methyl sites for hydroxylation is 3. The van der Waals surface area contributed by atoms with Crippen LogP contribution in [0.5, 0.6) is 0 Å². The van der Waals surface area contributed by atoms with Crippen molar-refractivity contribution in [3.8, 4) is 0 Å². The van der Waals surface area contributed by atoms with E-state index in [1.54, 1.807) is 44.2 Å². The van der Waals surface area contributed by atoms with Crippen LogP contribution in [0, 0.1) is 20.8 Å². The average molecular weight is 376 g/mol. The Morgan fingerprint density at radius 1 is 1.12 bits per heavy atom. The highest BCUT2D eigenvalue weighted by Crippen LogP contribution is 2.28. The summed E-state index contributed by atoms with van der Waals surface area (Å²) in [5.74, 6) is 5.29. The molecule has 0 aliphatic heterocycles. The molecule has 140 valence electrons. The summed E-state index contributed by atoms with van der Waals surface area (Å²) in [6.07, 6.45) is 0. The summed E-state index contributed by atoms with van der Waals surface area (Å²) in [5, 5.41) is 0. The number of hydrogen-bond donors (Lipinski definition) is 1. The molecule has 0 aliphatic rings. The number of esters is 1. The summed E-state index contributed by atoms with van der Waals surface area (Å²) in [4.78, 5) is 12.6. The van der Waals surface area contributed by atoms with E-state index in [-0.39, 0.29) is 11.5 Å². The summed E-state index contributed by atoms with van der Waals surface area (Å²) in [6, 6.07) is 10.6. The molecule has 0 bridgehead atoms. The van der Waals surface area contributed by atoms with E-state index in [2.05, 4.69) is 0 Å². The molecule has 0 radical (unpaired) electrons. The van der Waals surface area contributed by atoms with E-state index in [4.69, 9.17) is 10.6 Å². The summed E-state index contributed by atoms with van der Waals surface area (Å²) < 4.78 is 31.8. The quantitative estimate of drug-likeness (QED) is 0.476. The first-order valence-corrected chi connectivity index (χ1v) is 9.72. The molecule has 2 N–H and O–H groups in total. The lowest BCUT2D eigenvalue weighted by molar-refractivity contribution is -0.148. The van der Waals surface area contributed by atoms with Gasteiger partial charge in [-0.2, -0.15) is 0 Å². The van der Waals surface area contributed by atoms with Crippen molar-refractivity contribution < 1.29 is 17.9 Å². The maximum Gasteiger partial charge on any atom is 0.330 e. The molecule has 0 saturated heterocycles. The Kier molecular flexibility index (Phi) is 6.17. The number of hydrogen-bond acceptors (Lipinski definition) is 5. The van der Waals surface area contributed by atoms with Gasteiger partial charge in [0.2, 0.25) is 0 Å². The molecule has 6 nitrogen and oxygen atoms in total. The molecule has 1 atom stereocenters. The third-order valence-electron chi connectivity index (χ3n) is 3.97. The van der Waals surface area contributed by atoms with Crippen molar-refractivity contribution in [2.75, 3.05) is 6.61 Å². The third-order valence-corrected chi connectivity index (χ3v) is 5.75.